The highest BCUT2D eigenvalue weighted by atomic mass is 15.1. The molecule has 0 saturated carbocycles. The molecule has 9 heteroatoms. The molecule has 0 saturated heterocycles. The van der Waals surface area contributed by atoms with E-state index in [-0.39, 0.29) is 5.96 Å². The van der Waals surface area contributed by atoms with E-state index in [9.17, 15) is 0 Å². The molecule has 0 aliphatic heterocycles. The summed E-state index contributed by atoms with van der Waals surface area (Å²) >= 11 is 0. The van der Waals surface area contributed by atoms with Gasteiger partial charge in [0.1, 0.15) is 0 Å². The van der Waals surface area contributed by atoms with Crippen LogP contribution >= 0.6 is 0 Å². The molecule has 0 bridgehead atoms. The third kappa shape index (κ3) is 4.17. The van der Waals surface area contributed by atoms with Crippen molar-refractivity contribution in [3.05, 3.63) is 69.4 Å². The first-order valence-corrected chi connectivity index (χ1v) is 6.13. The highest BCUT2D eigenvalue weighted by Crippen LogP contribution is 2.21. The van der Waals surface area contributed by atoms with Crippen LogP contribution in [0.5, 0.6) is 0 Å². The lowest BCUT2D eigenvalue weighted by Gasteiger charge is -2.06. The molecule has 22 heavy (non-hydrogen) atoms. The number of benzene rings is 2. The molecule has 0 aliphatic carbocycles. The molecule has 0 aromatic heterocycles. The van der Waals surface area contributed by atoms with Gasteiger partial charge in [-0.15, -0.1) is 0 Å². The van der Waals surface area contributed by atoms with Crippen molar-refractivity contribution in [2.24, 2.45) is 21.0 Å². The molecule has 2 aromatic carbocycles. The quantitative estimate of drug-likeness (QED) is 0.278. The highest BCUT2D eigenvalue weighted by Gasteiger charge is 1.98. The maximum Gasteiger partial charge on any atom is 0.198 e. The molecule has 0 spiro atoms. The number of nitrogens with two attached hydrogens (primary N) is 1. The first kappa shape index (κ1) is 14.7. The van der Waals surface area contributed by atoms with Crippen molar-refractivity contribution in [2.45, 2.75) is 0 Å². The summed E-state index contributed by atoms with van der Waals surface area (Å²) in [7, 11) is 0. The van der Waals surface area contributed by atoms with Gasteiger partial charge in [-0.25, -0.2) is 4.99 Å². The van der Waals surface area contributed by atoms with Crippen LogP contribution in [-0.4, -0.2) is 5.96 Å². The average molecular weight is 293 g/mol. The minimum Gasteiger partial charge on any atom is -0.369 e. The summed E-state index contributed by atoms with van der Waals surface area (Å²) in [6.07, 6.45) is 0. The fourth-order valence-electron chi connectivity index (χ4n) is 1.69. The fraction of sp³-hybridized carbons (Fsp3) is 0. The molecule has 2 rings (SSSR count). The van der Waals surface area contributed by atoms with Crippen molar-refractivity contribution in [2.75, 3.05) is 5.32 Å². The zero-order valence-electron chi connectivity index (χ0n) is 11.3. The molecule has 0 unspecified atom stereocenters. The van der Waals surface area contributed by atoms with Crippen LogP contribution < -0.4 is 11.1 Å². The van der Waals surface area contributed by atoms with Gasteiger partial charge in [0.15, 0.2) is 5.96 Å². The van der Waals surface area contributed by atoms with E-state index in [1.54, 1.807) is 48.5 Å². The Morgan fingerprint density at radius 3 is 2.18 bits per heavy atom. The largest absolute Gasteiger partial charge is 0.369 e. The van der Waals surface area contributed by atoms with Gasteiger partial charge in [-0.1, -0.05) is 34.5 Å². The molecule has 108 valence electrons. The maximum absolute atomic E-state index is 8.41. The number of aliphatic imine (C=N–C) groups is 1. The summed E-state index contributed by atoms with van der Waals surface area (Å²) in [6, 6.07) is 13.5. The third-order valence-electron chi connectivity index (χ3n) is 2.52. The molecule has 0 amide bonds. The van der Waals surface area contributed by atoms with Gasteiger partial charge in [-0.05, 0) is 35.3 Å². The number of azide groups is 2. The van der Waals surface area contributed by atoms with E-state index in [4.69, 9.17) is 16.8 Å². The Morgan fingerprint density at radius 1 is 0.909 bits per heavy atom. The Balaban J connectivity index is 2.19. The lowest BCUT2D eigenvalue weighted by atomic mass is 10.3. The second-order valence-corrected chi connectivity index (χ2v) is 4.07. The molecular formula is C13H11N9. The molecule has 0 aliphatic rings. The van der Waals surface area contributed by atoms with Crippen molar-refractivity contribution in [3.63, 3.8) is 0 Å². The monoisotopic (exact) mass is 293 g/mol. The van der Waals surface area contributed by atoms with Crippen LogP contribution in [0, 0.1) is 0 Å². The van der Waals surface area contributed by atoms with Crippen LogP contribution in [0.15, 0.2) is 63.8 Å². The van der Waals surface area contributed by atoms with Gasteiger partial charge < -0.3 is 11.1 Å². The summed E-state index contributed by atoms with van der Waals surface area (Å²) in [5, 5.41) is 9.88. The van der Waals surface area contributed by atoms with E-state index in [1.165, 1.54) is 0 Å². The van der Waals surface area contributed by atoms with Gasteiger partial charge in [-0.2, -0.15) is 0 Å². The Morgan fingerprint density at radius 2 is 1.50 bits per heavy atom. The standard InChI is InChI=1S/C13H11N9/c14-13(17-9-3-1-5-11(7-9)19-21-15)18-10-4-2-6-12(8-10)20-22-16/h1-8H,(H3,14,17,18). The van der Waals surface area contributed by atoms with Gasteiger partial charge in [0.2, 0.25) is 0 Å². The second kappa shape index (κ2) is 7.20. The van der Waals surface area contributed by atoms with Gasteiger partial charge >= 0.3 is 0 Å². The molecule has 0 atom stereocenters. The molecule has 0 heterocycles. The Labute approximate surface area is 125 Å². The van der Waals surface area contributed by atoms with Crippen LogP contribution in [0.4, 0.5) is 22.7 Å². The molecule has 9 nitrogen and oxygen atoms in total. The minimum atomic E-state index is 0.149. The van der Waals surface area contributed by atoms with E-state index in [1.807, 2.05) is 0 Å². The molecule has 0 fully saturated rings. The molecule has 3 N–H and O–H groups in total. The molecule has 0 radical (unpaired) electrons. The smallest absolute Gasteiger partial charge is 0.198 e. The average Bonchev–Trinajstić information content (AvgIpc) is 2.48. The summed E-state index contributed by atoms with van der Waals surface area (Å²) < 4.78 is 0. The number of guanidine groups is 1. The number of nitrogens with one attached hydrogen (secondary N) is 1. The van der Waals surface area contributed by atoms with Crippen LogP contribution in [0.2, 0.25) is 0 Å². The predicted octanol–water partition coefficient (Wildman–Crippen LogP) is 4.63. The van der Waals surface area contributed by atoms with Crippen molar-refractivity contribution in [1.29, 1.82) is 0 Å². The summed E-state index contributed by atoms with van der Waals surface area (Å²) in [4.78, 5) is 9.60. The third-order valence-corrected chi connectivity index (χ3v) is 2.52. The van der Waals surface area contributed by atoms with E-state index in [0.717, 1.165) is 0 Å². The number of hydrogen-bond donors (Lipinski definition) is 2. The van der Waals surface area contributed by atoms with Gasteiger partial charge in [0.05, 0.1) is 5.69 Å². The Hall–Kier alpha value is -3.67. The number of rotatable bonds is 4. The van der Waals surface area contributed by atoms with Crippen LogP contribution in [-0.2, 0) is 0 Å². The van der Waals surface area contributed by atoms with E-state index in [0.29, 0.717) is 22.7 Å². The van der Waals surface area contributed by atoms with E-state index >= 15 is 0 Å². The SMILES string of the molecule is [N-]=[N+]=Nc1cccc(N=C(N)Nc2cccc(N=[N+]=[N-])c2)c1. The molecular weight excluding hydrogens is 282 g/mol. The summed E-state index contributed by atoms with van der Waals surface area (Å²) in [6.45, 7) is 0. The van der Waals surface area contributed by atoms with E-state index in [2.05, 4.69) is 30.4 Å². The lowest BCUT2D eigenvalue weighted by Crippen LogP contribution is -2.21. The van der Waals surface area contributed by atoms with E-state index < -0.39 is 0 Å². The highest BCUT2D eigenvalue weighted by molar-refractivity contribution is 5.94. The van der Waals surface area contributed by atoms with Crippen LogP contribution in [0.3, 0.4) is 0 Å². The van der Waals surface area contributed by atoms with Crippen molar-refractivity contribution < 1.29 is 0 Å². The van der Waals surface area contributed by atoms with Crippen molar-refractivity contribution >= 4 is 28.7 Å². The zero-order chi connectivity index (χ0) is 15.8. The summed E-state index contributed by atoms with van der Waals surface area (Å²) in [5.41, 5.74) is 24.7. The first-order valence-electron chi connectivity index (χ1n) is 6.13. The number of anilines is 1. The topological polar surface area (TPSA) is 148 Å². The Bertz CT molecular complexity index is 799. The van der Waals surface area contributed by atoms with Crippen molar-refractivity contribution in [1.82, 2.24) is 0 Å². The molecule has 2 aromatic rings. The summed E-state index contributed by atoms with van der Waals surface area (Å²) in [5.74, 6) is 0.149. The number of nitrogens with zero attached hydrogens (tertiary/aromatic N) is 7. The zero-order valence-corrected chi connectivity index (χ0v) is 11.3. The van der Waals surface area contributed by atoms with Crippen LogP contribution in [0.1, 0.15) is 0 Å². The van der Waals surface area contributed by atoms with Crippen molar-refractivity contribution in [3.8, 4) is 0 Å². The van der Waals surface area contributed by atoms with Gasteiger partial charge in [0, 0.05) is 26.9 Å². The van der Waals surface area contributed by atoms with Crippen LogP contribution in [0.25, 0.3) is 20.9 Å². The van der Waals surface area contributed by atoms with Gasteiger partial charge in [-0.3, -0.25) is 0 Å². The lowest BCUT2D eigenvalue weighted by molar-refractivity contribution is 1.41. The maximum atomic E-state index is 8.41. The normalized spacial score (nSPS) is 10.3. The second-order valence-electron chi connectivity index (χ2n) is 4.07. The fourth-order valence-corrected chi connectivity index (χ4v) is 1.69. The minimum absolute atomic E-state index is 0.149. The Kier molecular flexibility index (Phi) is 4.82. The first-order chi connectivity index (χ1) is 10.7. The number of hydrogen-bond acceptors (Lipinski definition) is 3. The van der Waals surface area contributed by atoms with Gasteiger partial charge in [0.25, 0.3) is 0 Å². The predicted molar refractivity (Wildman–Crippen MR) is 85.4 cm³/mol.